The molecule has 2 aliphatic rings. The lowest BCUT2D eigenvalue weighted by Gasteiger charge is -2.47. The van der Waals surface area contributed by atoms with Gasteiger partial charge in [0.15, 0.2) is 6.29 Å². The number of aliphatic hydroxyl groups excluding tert-OH is 9. The van der Waals surface area contributed by atoms with Gasteiger partial charge in [0.2, 0.25) is 5.91 Å². The Morgan fingerprint density at radius 3 is 1.87 bits per heavy atom. The largest absolute Gasteiger partial charge is 0.394 e. The second-order valence-corrected chi connectivity index (χ2v) is 12.6. The zero-order chi connectivity index (χ0) is 34.2. The summed E-state index contributed by atoms with van der Waals surface area (Å²) in [7, 11) is 0. The van der Waals surface area contributed by atoms with Crippen LogP contribution in [0.3, 0.4) is 0 Å². The van der Waals surface area contributed by atoms with Crippen LogP contribution in [-0.4, -0.2) is 145 Å². The number of allylic oxidation sites excluding steroid dienone is 1. The Balaban J connectivity index is 1.93. The molecule has 2 rings (SSSR count). The van der Waals surface area contributed by atoms with Gasteiger partial charge in [0, 0.05) is 6.92 Å². The summed E-state index contributed by atoms with van der Waals surface area (Å²) in [5, 5.41) is 96.1. The number of hydrogen-bond donors (Lipinski definition) is 10. The van der Waals surface area contributed by atoms with E-state index in [9.17, 15) is 50.8 Å². The van der Waals surface area contributed by atoms with Crippen molar-refractivity contribution in [2.75, 3.05) is 13.2 Å². The maximum Gasteiger partial charge on any atom is 0.217 e. The van der Waals surface area contributed by atoms with Crippen LogP contribution in [0.25, 0.3) is 0 Å². The van der Waals surface area contributed by atoms with Gasteiger partial charge in [-0.2, -0.15) is 0 Å². The van der Waals surface area contributed by atoms with Gasteiger partial charge in [-0.25, -0.2) is 0 Å². The standard InChI is InChI=1S/C32H59NO13/c1-3-4-5-6-7-8-9-10-11-12-13-14-15-16-20(37)23(33-19(2)36)25(39)31-28(42)27(41)30(22(18-35)44-31)46-32-29(43)26(40)24(38)21(17-34)45-32/h15-16,20-32,34-35,37-43H,3-14,17-18H2,1-2H3,(H,33,36)/b16-15+/t20-,21-,22-,23-,24+,25?,26+,27-,28-,29-,30-,31?,32+/m1/s1. The van der Waals surface area contributed by atoms with Crippen LogP contribution < -0.4 is 5.32 Å². The van der Waals surface area contributed by atoms with Gasteiger partial charge in [-0.15, -0.1) is 0 Å². The van der Waals surface area contributed by atoms with Gasteiger partial charge in [-0.1, -0.05) is 83.3 Å². The van der Waals surface area contributed by atoms with Crippen LogP contribution in [0.1, 0.15) is 90.9 Å². The van der Waals surface area contributed by atoms with E-state index in [1.54, 1.807) is 6.08 Å². The zero-order valence-corrected chi connectivity index (χ0v) is 27.2. The molecule has 14 heteroatoms. The molecule has 0 spiro atoms. The van der Waals surface area contributed by atoms with Gasteiger partial charge < -0.3 is 65.5 Å². The monoisotopic (exact) mass is 665 g/mol. The van der Waals surface area contributed by atoms with E-state index in [1.165, 1.54) is 64.4 Å². The molecular formula is C32H59NO13. The van der Waals surface area contributed by atoms with E-state index < -0.39 is 98.6 Å². The molecule has 14 nitrogen and oxygen atoms in total. The number of amides is 1. The molecule has 0 aromatic rings. The molecule has 0 aromatic heterocycles. The van der Waals surface area contributed by atoms with E-state index in [0.717, 1.165) is 19.3 Å². The first-order valence-corrected chi connectivity index (χ1v) is 16.9. The van der Waals surface area contributed by atoms with Crippen molar-refractivity contribution in [1.82, 2.24) is 5.32 Å². The SMILES string of the molecule is CCCCCCCCCCCCC/C=C/[C@@H](O)[C@@H](NC(C)=O)C(O)C1O[C@H](CO)[C@@H](O[C@@H]2O[C@H](CO)[C@H](O)[C@H](O)[C@H]2O)[C@H](O)[C@H]1O. The number of carbonyl (C=O) groups excluding carboxylic acids is 1. The van der Waals surface area contributed by atoms with Crippen molar-refractivity contribution in [1.29, 1.82) is 0 Å². The molecule has 2 unspecified atom stereocenters. The van der Waals surface area contributed by atoms with Crippen molar-refractivity contribution in [3.8, 4) is 0 Å². The van der Waals surface area contributed by atoms with E-state index >= 15 is 0 Å². The highest BCUT2D eigenvalue weighted by atomic mass is 16.7. The van der Waals surface area contributed by atoms with Crippen LogP contribution in [0.15, 0.2) is 12.2 Å². The van der Waals surface area contributed by atoms with E-state index in [4.69, 9.17) is 14.2 Å². The second-order valence-electron chi connectivity index (χ2n) is 12.6. The van der Waals surface area contributed by atoms with Crippen LogP contribution in [0.5, 0.6) is 0 Å². The number of ether oxygens (including phenoxy) is 3. The molecule has 46 heavy (non-hydrogen) atoms. The smallest absolute Gasteiger partial charge is 0.217 e. The predicted molar refractivity (Wildman–Crippen MR) is 166 cm³/mol. The molecule has 2 fully saturated rings. The van der Waals surface area contributed by atoms with Crippen molar-refractivity contribution in [2.45, 2.75) is 170 Å². The third kappa shape index (κ3) is 12.3. The lowest BCUT2D eigenvalue weighted by molar-refractivity contribution is -0.345. The molecule has 10 N–H and O–H groups in total. The number of aliphatic hydroxyl groups is 9. The van der Waals surface area contributed by atoms with Crippen molar-refractivity contribution < 1.29 is 65.0 Å². The molecule has 2 aliphatic heterocycles. The van der Waals surface area contributed by atoms with Crippen LogP contribution in [0.2, 0.25) is 0 Å². The molecular weight excluding hydrogens is 606 g/mol. The van der Waals surface area contributed by atoms with Gasteiger partial charge >= 0.3 is 0 Å². The van der Waals surface area contributed by atoms with E-state index in [0.29, 0.717) is 6.42 Å². The summed E-state index contributed by atoms with van der Waals surface area (Å²) in [4.78, 5) is 11.9. The average Bonchev–Trinajstić information content (AvgIpc) is 3.03. The van der Waals surface area contributed by atoms with Crippen LogP contribution in [0.4, 0.5) is 0 Å². The number of unbranched alkanes of at least 4 members (excludes halogenated alkanes) is 11. The van der Waals surface area contributed by atoms with E-state index in [-0.39, 0.29) is 0 Å². The highest BCUT2D eigenvalue weighted by Gasteiger charge is 2.52. The molecule has 0 radical (unpaired) electrons. The summed E-state index contributed by atoms with van der Waals surface area (Å²) >= 11 is 0. The Kier molecular flexibility index (Phi) is 19.3. The predicted octanol–water partition coefficient (Wildman–Crippen LogP) is -0.863. The fourth-order valence-corrected chi connectivity index (χ4v) is 5.99. The van der Waals surface area contributed by atoms with Gasteiger partial charge in [0.1, 0.15) is 61.0 Å². The maximum atomic E-state index is 11.9. The Morgan fingerprint density at radius 1 is 0.761 bits per heavy atom. The molecule has 13 atom stereocenters. The molecule has 0 bridgehead atoms. The lowest BCUT2D eigenvalue weighted by atomic mass is 9.88. The molecule has 0 aromatic carbocycles. The minimum atomic E-state index is -1.86. The minimum absolute atomic E-state index is 0.574. The zero-order valence-electron chi connectivity index (χ0n) is 27.2. The van der Waals surface area contributed by atoms with Crippen molar-refractivity contribution in [3.05, 3.63) is 12.2 Å². The lowest BCUT2D eigenvalue weighted by Crippen LogP contribution is -2.68. The fraction of sp³-hybridized carbons (Fsp3) is 0.906. The fourth-order valence-electron chi connectivity index (χ4n) is 5.99. The minimum Gasteiger partial charge on any atom is -0.394 e. The first kappa shape index (κ1) is 40.9. The third-order valence-electron chi connectivity index (χ3n) is 8.79. The summed E-state index contributed by atoms with van der Waals surface area (Å²) in [5.41, 5.74) is 0. The Labute approximate surface area is 272 Å². The molecule has 1 amide bonds. The van der Waals surface area contributed by atoms with Crippen LogP contribution in [-0.2, 0) is 19.0 Å². The summed E-state index contributed by atoms with van der Waals surface area (Å²) < 4.78 is 16.5. The van der Waals surface area contributed by atoms with E-state index in [1.807, 2.05) is 0 Å². The third-order valence-corrected chi connectivity index (χ3v) is 8.79. The van der Waals surface area contributed by atoms with Crippen molar-refractivity contribution in [2.24, 2.45) is 0 Å². The first-order valence-electron chi connectivity index (χ1n) is 16.9. The summed E-state index contributed by atoms with van der Waals surface area (Å²) in [5.74, 6) is -0.574. The van der Waals surface area contributed by atoms with Crippen LogP contribution in [0, 0.1) is 0 Å². The van der Waals surface area contributed by atoms with Gasteiger partial charge in [-0.3, -0.25) is 4.79 Å². The molecule has 2 heterocycles. The van der Waals surface area contributed by atoms with Crippen molar-refractivity contribution in [3.63, 3.8) is 0 Å². The van der Waals surface area contributed by atoms with Crippen molar-refractivity contribution >= 4 is 5.91 Å². The highest BCUT2D eigenvalue weighted by molar-refractivity contribution is 5.73. The van der Waals surface area contributed by atoms with Gasteiger partial charge in [-0.05, 0) is 12.8 Å². The number of carbonyl (C=O) groups is 1. The van der Waals surface area contributed by atoms with Crippen LogP contribution >= 0.6 is 0 Å². The first-order chi connectivity index (χ1) is 22.0. The number of rotatable bonds is 21. The maximum absolute atomic E-state index is 11.9. The average molecular weight is 666 g/mol. The van der Waals surface area contributed by atoms with Gasteiger partial charge in [0.05, 0.1) is 25.4 Å². The Bertz CT molecular complexity index is 862. The summed E-state index contributed by atoms with van der Waals surface area (Å²) in [6, 6.07) is -1.35. The quantitative estimate of drug-likeness (QED) is 0.0531. The molecule has 0 saturated carbocycles. The summed E-state index contributed by atoms with van der Waals surface area (Å²) in [6.07, 6.45) is -2.50. The molecule has 2 saturated heterocycles. The Hall–Kier alpha value is -1.27. The Morgan fingerprint density at radius 2 is 1.33 bits per heavy atom. The topological polar surface area (TPSA) is 239 Å². The molecule has 0 aliphatic carbocycles. The summed E-state index contributed by atoms with van der Waals surface area (Å²) in [6.45, 7) is 1.89. The van der Waals surface area contributed by atoms with E-state index in [2.05, 4.69) is 12.2 Å². The number of nitrogens with one attached hydrogen (secondary N) is 1. The molecule has 270 valence electrons. The highest BCUT2D eigenvalue weighted by Crippen LogP contribution is 2.31. The van der Waals surface area contributed by atoms with Gasteiger partial charge in [0.25, 0.3) is 0 Å². The second kappa shape index (κ2) is 21.6. The number of hydrogen-bond acceptors (Lipinski definition) is 13. The normalized spacial score (nSPS) is 34.0.